The van der Waals surface area contributed by atoms with E-state index < -0.39 is 0 Å². The average molecular weight is 483 g/mol. The first kappa shape index (κ1) is 23.5. The van der Waals surface area contributed by atoms with Crippen LogP contribution in [0.4, 0.5) is 5.95 Å². The number of carbonyl (C=O) groups is 2. The zero-order valence-corrected chi connectivity index (χ0v) is 20.4. The van der Waals surface area contributed by atoms with Crippen LogP contribution in [0.15, 0.2) is 73.2 Å². The van der Waals surface area contributed by atoms with Gasteiger partial charge in [0.2, 0.25) is 11.9 Å². The number of aromatic nitrogens is 4. The highest BCUT2D eigenvalue weighted by molar-refractivity contribution is 6.04. The maximum atomic E-state index is 13.2. The fourth-order valence-electron chi connectivity index (χ4n) is 4.69. The number of hydrogen-bond acceptors (Lipinski definition) is 4. The Morgan fingerprint density at radius 2 is 1.94 bits per heavy atom. The molecule has 1 atom stereocenters. The van der Waals surface area contributed by atoms with Crippen molar-refractivity contribution in [1.82, 2.24) is 24.6 Å². The van der Waals surface area contributed by atoms with Crippen LogP contribution in [0.3, 0.4) is 0 Å². The number of hydrogen-bond donors (Lipinski definition) is 2. The van der Waals surface area contributed by atoms with Crippen LogP contribution in [0, 0.1) is 0 Å². The number of carbonyl (C=O) groups excluding carboxylic acids is 2. The van der Waals surface area contributed by atoms with Crippen LogP contribution in [0.25, 0.3) is 16.8 Å². The van der Waals surface area contributed by atoms with Crippen LogP contribution in [-0.2, 0) is 11.2 Å². The van der Waals surface area contributed by atoms with Crippen LogP contribution in [0.5, 0.6) is 0 Å². The van der Waals surface area contributed by atoms with Gasteiger partial charge < -0.3 is 4.90 Å². The van der Waals surface area contributed by atoms with Crippen LogP contribution in [0.1, 0.15) is 48.7 Å². The molecule has 184 valence electrons. The number of nitrogens with zero attached hydrogens (tertiary/aromatic N) is 4. The number of aryl methyl sites for hydroxylation is 1. The zero-order chi connectivity index (χ0) is 24.9. The van der Waals surface area contributed by atoms with Crippen LogP contribution >= 0.6 is 0 Å². The van der Waals surface area contributed by atoms with Gasteiger partial charge >= 0.3 is 0 Å². The highest BCUT2D eigenvalue weighted by Crippen LogP contribution is 2.22. The van der Waals surface area contributed by atoms with Crippen molar-refractivity contribution < 1.29 is 9.59 Å². The van der Waals surface area contributed by atoms with E-state index in [-0.39, 0.29) is 11.8 Å². The van der Waals surface area contributed by atoms with Crippen molar-refractivity contribution in [2.75, 3.05) is 11.9 Å². The molecule has 2 aromatic carbocycles. The van der Waals surface area contributed by atoms with E-state index >= 15 is 0 Å². The Hall–Kier alpha value is -4.20. The van der Waals surface area contributed by atoms with Crippen molar-refractivity contribution in [3.05, 3.63) is 84.4 Å². The second kappa shape index (κ2) is 10.6. The molecule has 0 spiro atoms. The number of para-hydroxylation sites is 1. The quantitative estimate of drug-likeness (QED) is 0.394. The van der Waals surface area contributed by atoms with Gasteiger partial charge in [-0.2, -0.15) is 5.10 Å². The molecule has 1 aliphatic rings. The Bertz CT molecular complexity index is 1330. The highest BCUT2D eigenvalue weighted by Gasteiger charge is 2.23. The number of rotatable bonds is 7. The Morgan fingerprint density at radius 3 is 2.72 bits per heavy atom. The molecule has 1 aliphatic heterocycles. The molecule has 2 amide bonds. The lowest BCUT2D eigenvalue weighted by atomic mass is 10.0. The van der Waals surface area contributed by atoms with E-state index in [0.717, 1.165) is 41.9 Å². The summed E-state index contributed by atoms with van der Waals surface area (Å²) in [5.41, 5.74) is 3.97. The number of piperidine rings is 1. The molecule has 0 saturated carbocycles. The highest BCUT2D eigenvalue weighted by atomic mass is 16.2. The first-order chi connectivity index (χ1) is 17.6. The van der Waals surface area contributed by atoms with E-state index in [0.29, 0.717) is 30.4 Å². The molecule has 0 radical (unpaired) electrons. The molecule has 36 heavy (non-hydrogen) atoms. The van der Waals surface area contributed by atoms with E-state index in [2.05, 4.69) is 22.4 Å². The minimum Gasteiger partial charge on any atom is -0.340 e. The van der Waals surface area contributed by atoms with Gasteiger partial charge in [-0.3, -0.25) is 24.6 Å². The number of H-pyrrole nitrogens is 1. The minimum atomic E-state index is -0.257. The van der Waals surface area contributed by atoms with Crippen LogP contribution in [-0.4, -0.2) is 49.0 Å². The molecule has 0 bridgehead atoms. The van der Waals surface area contributed by atoms with Crippen molar-refractivity contribution in [2.24, 2.45) is 0 Å². The lowest BCUT2D eigenvalue weighted by molar-refractivity contribution is -0.134. The smallest absolute Gasteiger partial charge is 0.258 e. The van der Waals surface area contributed by atoms with Crippen molar-refractivity contribution in [1.29, 1.82) is 0 Å². The molecular formula is C28H30N6O2. The SMILES string of the molecule is CC1CCCCN1C(=O)CCc1cn(-c2ccccc2)c(NC(=O)c2cccc(-c3cn[nH]c3)c2)n1. The topological polar surface area (TPSA) is 95.9 Å². The van der Waals surface area contributed by atoms with Gasteiger partial charge in [0.05, 0.1) is 11.9 Å². The normalized spacial score (nSPS) is 15.6. The minimum absolute atomic E-state index is 0.165. The molecule has 8 heteroatoms. The second-order valence-electron chi connectivity index (χ2n) is 9.22. The monoisotopic (exact) mass is 482 g/mol. The summed E-state index contributed by atoms with van der Waals surface area (Å²) in [4.78, 5) is 32.7. The molecule has 2 aromatic heterocycles. The van der Waals surface area contributed by atoms with Gasteiger partial charge in [0.15, 0.2) is 0 Å². The molecule has 5 rings (SSSR count). The molecule has 8 nitrogen and oxygen atoms in total. The van der Waals surface area contributed by atoms with Gasteiger partial charge in [0.25, 0.3) is 5.91 Å². The summed E-state index contributed by atoms with van der Waals surface area (Å²) in [6, 6.07) is 17.4. The summed E-state index contributed by atoms with van der Waals surface area (Å²) in [6.07, 6.45) is 9.63. The number of benzene rings is 2. The fourth-order valence-corrected chi connectivity index (χ4v) is 4.69. The first-order valence-corrected chi connectivity index (χ1v) is 12.4. The molecule has 1 unspecified atom stereocenters. The summed E-state index contributed by atoms with van der Waals surface area (Å²) in [5.74, 6) is 0.333. The first-order valence-electron chi connectivity index (χ1n) is 12.4. The number of amides is 2. The predicted molar refractivity (Wildman–Crippen MR) is 139 cm³/mol. The van der Waals surface area contributed by atoms with Gasteiger partial charge in [-0.15, -0.1) is 0 Å². The summed E-state index contributed by atoms with van der Waals surface area (Å²) < 4.78 is 1.86. The number of nitrogens with one attached hydrogen (secondary N) is 2. The Balaban J connectivity index is 1.35. The molecule has 3 heterocycles. The standard InChI is InChI=1S/C28H30N6O2/c1-20-8-5-6-15-33(20)26(35)14-13-24-19-34(25-11-3-2-4-12-25)28(31-24)32-27(36)22-10-7-9-21(16-22)23-17-29-30-18-23/h2-4,7,9-12,16-20H,5-6,8,13-15H2,1H3,(H,29,30)(H,31,32,36). The number of likely N-dealkylation sites (tertiary alicyclic amines) is 1. The Kier molecular flexibility index (Phi) is 6.93. The predicted octanol–water partition coefficient (Wildman–Crippen LogP) is 4.85. The van der Waals surface area contributed by atoms with Crippen LogP contribution < -0.4 is 5.32 Å². The van der Waals surface area contributed by atoms with E-state index in [1.807, 2.05) is 64.2 Å². The van der Waals surface area contributed by atoms with E-state index in [4.69, 9.17) is 4.98 Å². The van der Waals surface area contributed by atoms with Crippen molar-refractivity contribution in [3.8, 4) is 16.8 Å². The second-order valence-corrected chi connectivity index (χ2v) is 9.22. The molecule has 4 aromatic rings. The van der Waals surface area contributed by atoms with E-state index in [1.54, 1.807) is 18.5 Å². The summed E-state index contributed by atoms with van der Waals surface area (Å²) in [7, 11) is 0. The zero-order valence-electron chi connectivity index (χ0n) is 20.4. The Morgan fingerprint density at radius 1 is 1.08 bits per heavy atom. The summed E-state index contributed by atoms with van der Waals surface area (Å²) in [5, 5.41) is 9.75. The molecule has 0 aliphatic carbocycles. The molecule has 1 saturated heterocycles. The summed E-state index contributed by atoms with van der Waals surface area (Å²) in [6.45, 7) is 2.95. The van der Waals surface area contributed by atoms with Crippen molar-refractivity contribution >= 4 is 17.8 Å². The lowest BCUT2D eigenvalue weighted by Crippen LogP contribution is -2.42. The van der Waals surface area contributed by atoms with Crippen molar-refractivity contribution in [3.63, 3.8) is 0 Å². The Labute approximate surface area is 210 Å². The summed E-state index contributed by atoms with van der Waals surface area (Å²) >= 11 is 0. The number of anilines is 1. The third-order valence-corrected chi connectivity index (χ3v) is 6.69. The maximum absolute atomic E-state index is 13.2. The fraction of sp³-hybridized carbons (Fsp3) is 0.286. The molecule has 2 N–H and O–H groups in total. The van der Waals surface area contributed by atoms with Gasteiger partial charge in [-0.05, 0) is 56.0 Å². The van der Waals surface area contributed by atoms with Gasteiger partial charge in [0, 0.05) is 54.6 Å². The van der Waals surface area contributed by atoms with E-state index in [1.165, 1.54) is 6.42 Å². The number of imidazole rings is 1. The van der Waals surface area contributed by atoms with Crippen molar-refractivity contribution in [2.45, 2.75) is 45.1 Å². The lowest BCUT2D eigenvalue weighted by Gasteiger charge is -2.33. The van der Waals surface area contributed by atoms with Gasteiger partial charge in [-0.25, -0.2) is 4.98 Å². The maximum Gasteiger partial charge on any atom is 0.258 e. The molecule has 1 fully saturated rings. The number of aromatic amines is 1. The van der Waals surface area contributed by atoms with E-state index in [9.17, 15) is 9.59 Å². The molecular weight excluding hydrogens is 452 g/mol. The third kappa shape index (κ3) is 5.22. The van der Waals surface area contributed by atoms with Crippen LogP contribution in [0.2, 0.25) is 0 Å². The average Bonchev–Trinajstić information content (AvgIpc) is 3.59. The van der Waals surface area contributed by atoms with Gasteiger partial charge in [-0.1, -0.05) is 30.3 Å². The third-order valence-electron chi connectivity index (χ3n) is 6.69. The largest absolute Gasteiger partial charge is 0.340 e. The van der Waals surface area contributed by atoms with Gasteiger partial charge in [0.1, 0.15) is 0 Å².